The average Bonchev–Trinajstić information content (AvgIpc) is 3.10. The molecule has 0 radical (unpaired) electrons. The second-order valence-electron chi connectivity index (χ2n) is 5.53. The van der Waals surface area contributed by atoms with Crippen LogP contribution in [0.3, 0.4) is 0 Å². The van der Waals surface area contributed by atoms with Crippen LogP contribution in [0, 0.1) is 0 Å². The maximum atomic E-state index is 12.5. The quantitative estimate of drug-likeness (QED) is 0.789. The van der Waals surface area contributed by atoms with Crippen LogP contribution >= 0.6 is 11.3 Å². The Balaban J connectivity index is 1.68. The Hall–Kier alpha value is -1.90. The van der Waals surface area contributed by atoms with E-state index in [1.54, 1.807) is 35.7 Å². The molecular formula is C16H18N2O4S2. The van der Waals surface area contributed by atoms with Crippen molar-refractivity contribution in [1.82, 2.24) is 4.72 Å². The monoisotopic (exact) mass is 366 g/mol. The van der Waals surface area contributed by atoms with Gasteiger partial charge in [-0.3, -0.25) is 4.79 Å². The third-order valence-electron chi connectivity index (χ3n) is 3.70. The average molecular weight is 366 g/mol. The fraction of sp³-hybridized carbons (Fsp3) is 0.312. The molecule has 0 bridgehead atoms. The van der Waals surface area contributed by atoms with Gasteiger partial charge in [0.25, 0.3) is 10.0 Å². The molecule has 0 saturated heterocycles. The first-order valence-electron chi connectivity index (χ1n) is 7.57. The summed E-state index contributed by atoms with van der Waals surface area (Å²) in [4.78, 5) is 12.5. The van der Waals surface area contributed by atoms with Gasteiger partial charge in [0, 0.05) is 5.69 Å². The van der Waals surface area contributed by atoms with Crippen molar-refractivity contribution in [2.75, 3.05) is 11.9 Å². The number of hydrogen-bond donors (Lipinski definition) is 2. The number of carbonyl (C=O) groups excluding carboxylic acids is 1. The lowest BCUT2D eigenvalue weighted by atomic mass is 10.2. The first kappa shape index (κ1) is 16.9. The first-order valence-corrected chi connectivity index (χ1v) is 9.93. The lowest BCUT2D eigenvalue weighted by Crippen LogP contribution is -2.45. The lowest BCUT2D eigenvalue weighted by molar-refractivity contribution is -0.118. The van der Waals surface area contributed by atoms with E-state index in [0.717, 1.165) is 17.1 Å². The molecule has 1 aliphatic carbocycles. The predicted molar refractivity (Wildman–Crippen MR) is 92.8 cm³/mol. The Morgan fingerprint density at radius 2 is 1.96 bits per heavy atom. The molecular weight excluding hydrogens is 348 g/mol. The number of benzene rings is 1. The van der Waals surface area contributed by atoms with E-state index in [2.05, 4.69) is 10.0 Å². The van der Waals surface area contributed by atoms with E-state index in [4.69, 9.17) is 4.74 Å². The molecule has 1 aliphatic rings. The van der Waals surface area contributed by atoms with Gasteiger partial charge in [-0.25, -0.2) is 8.42 Å². The molecule has 0 unspecified atom stereocenters. The smallest absolute Gasteiger partial charge is 0.251 e. The molecule has 0 spiro atoms. The number of thiophene rings is 1. The summed E-state index contributed by atoms with van der Waals surface area (Å²) in [6.45, 7) is 2.46. The van der Waals surface area contributed by atoms with Crippen LogP contribution in [0.2, 0.25) is 0 Å². The highest BCUT2D eigenvalue weighted by molar-refractivity contribution is 7.91. The molecule has 8 heteroatoms. The summed E-state index contributed by atoms with van der Waals surface area (Å²) in [5.74, 6) is 0.377. The molecule has 3 rings (SSSR count). The van der Waals surface area contributed by atoms with Crippen LogP contribution in [0.4, 0.5) is 5.69 Å². The van der Waals surface area contributed by atoms with Gasteiger partial charge in [-0.1, -0.05) is 6.07 Å². The molecule has 1 aromatic carbocycles. The summed E-state index contributed by atoms with van der Waals surface area (Å²) >= 11 is 1.12. The van der Waals surface area contributed by atoms with Crippen molar-refractivity contribution in [3.05, 3.63) is 41.8 Å². The molecule has 6 nitrogen and oxygen atoms in total. The minimum Gasteiger partial charge on any atom is -0.494 e. The third kappa shape index (κ3) is 3.61. The molecule has 1 saturated carbocycles. The molecule has 24 heavy (non-hydrogen) atoms. The zero-order valence-electron chi connectivity index (χ0n) is 13.1. The Labute approximate surface area is 144 Å². The van der Waals surface area contributed by atoms with Crippen molar-refractivity contribution in [2.24, 2.45) is 0 Å². The van der Waals surface area contributed by atoms with E-state index in [9.17, 15) is 13.2 Å². The summed E-state index contributed by atoms with van der Waals surface area (Å²) in [6.07, 6.45) is 0.973. The molecule has 2 aromatic rings. The highest BCUT2D eigenvalue weighted by atomic mass is 32.2. The van der Waals surface area contributed by atoms with Gasteiger partial charge >= 0.3 is 0 Å². The minimum absolute atomic E-state index is 0.211. The van der Waals surface area contributed by atoms with Gasteiger partial charge in [0.1, 0.15) is 15.5 Å². The van der Waals surface area contributed by atoms with Gasteiger partial charge in [0.15, 0.2) is 0 Å². The highest BCUT2D eigenvalue weighted by Gasteiger charge is 2.53. The van der Waals surface area contributed by atoms with Crippen LogP contribution in [-0.4, -0.2) is 26.5 Å². The Bertz CT molecular complexity index is 810. The Morgan fingerprint density at radius 1 is 1.25 bits per heavy atom. The maximum Gasteiger partial charge on any atom is 0.251 e. The normalized spacial score (nSPS) is 15.7. The van der Waals surface area contributed by atoms with Gasteiger partial charge < -0.3 is 10.1 Å². The molecule has 128 valence electrons. The van der Waals surface area contributed by atoms with Gasteiger partial charge in [0.2, 0.25) is 5.91 Å². The molecule has 1 amide bonds. The zero-order chi connectivity index (χ0) is 17.2. The van der Waals surface area contributed by atoms with Crippen molar-refractivity contribution in [2.45, 2.75) is 29.5 Å². The van der Waals surface area contributed by atoms with Crippen LogP contribution < -0.4 is 14.8 Å². The Morgan fingerprint density at radius 3 is 2.50 bits per heavy atom. The van der Waals surface area contributed by atoms with E-state index in [-0.39, 0.29) is 10.1 Å². The van der Waals surface area contributed by atoms with E-state index in [1.165, 1.54) is 6.07 Å². The fourth-order valence-corrected chi connectivity index (χ4v) is 4.69. The minimum atomic E-state index is -3.68. The summed E-state index contributed by atoms with van der Waals surface area (Å²) in [5.41, 5.74) is -0.452. The van der Waals surface area contributed by atoms with E-state index < -0.39 is 15.6 Å². The molecule has 2 N–H and O–H groups in total. The van der Waals surface area contributed by atoms with Crippen molar-refractivity contribution >= 4 is 33.0 Å². The fourth-order valence-electron chi connectivity index (χ4n) is 2.28. The lowest BCUT2D eigenvalue weighted by Gasteiger charge is -2.17. The van der Waals surface area contributed by atoms with Crippen LogP contribution in [0.1, 0.15) is 19.8 Å². The Kier molecular flexibility index (Phi) is 4.62. The van der Waals surface area contributed by atoms with Gasteiger partial charge in [-0.05, 0) is 55.5 Å². The summed E-state index contributed by atoms with van der Waals surface area (Å²) in [7, 11) is -3.68. The van der Waals surface area contributed by atoms with E-state index in [1.807, 2.05) is 6.92 Å². The first-order chi connectivity index (χ1) is 11.5. The number of amides is 1. The number of anilines is 1. The number of ether oxygens (including phenoxy) is 1. The van der Waals surface area contributed by atoms with E-state index >= 15 is 0 Å². The summed E-state index contributed by atoms with van der Waals surface area (Å²) in [5, 5.41) is 4.45. The van der Waals surface area contributed by atoms with Gasteiger partial charge in [0.05, 0.1) is 6.61 Å². The van der Waals surface area contributed by atoms with Crippen molar-refractivity contribution in [3.63, 3.8) is 0 Å². The standard InChI is InChI=1S/C16H18N2O4S2/c1-2-22-13-7-5-12(6-8-13)17-15(19)16(9-10-16)18-24(20,21)14-4-3-11-23-14/h3-8,11,18H,2,9-10H2,1H3,(H,17,19). The molecule has 1 aromatic heterocycles. The topological polar surface area (TPSA) is 84.5 Å². The van der Waals surface area contributed by atoms with Crippen LogP contribution in [0.5, 0.6) is 5.75 Å². The van der Waals surface area contributed by atoms with Crippen molar-refractivity contribution < 1.29 is 17.9 Å². The third-order valence-corrected chi connectivity index (χ3v) is 6.63. The summed E-state index contributed by atoms with van der Waals surface area (Å²) in [6, 6.07) is 10.2. The zero-order valence-corrected chi connectivity index (χ0v) is 14.7. The predicted octanol–water partition coefficient (Wildman–Crippen LogP) is 2.60. The maximum absolute atomic E-state index is 12.5. The molecule has 0 aliphatic heterocycles. The molecule has 0 atom stereocenters. The number of sulfonamides is 1. The number of carbonyl (C=O) groups is 1. The number of rotatable bonds is 7. The second kappa shape index (κ2) is 6.54. The van der Waals surface area contributed by atoms with Crippen LogP contribution in [0.25, 0.3) is 0 Å². The van der Waals surface area contributed by atoms with Gasteiger partial charge in [-0.2, -0.15) is 4.72 Å². The van der Waals surface area contributed by atoms with Crippen molar-refractivity contribution in [3.8, 4) is 5.75 Å². The van der Waals surface area contributed by atoms with Crippen molar-refractivity contribution in [1.29, 1.82) is 0 Å². The highest BCUT2D eigenvalue weighted by Crippen LogP contribution is 2.38. The largest absolute Gasteiger partial charge is 0.494 e. The van der Waals surface area contributed by atoms with E-state index in [0.29, 0.717) is 25.1 Å². The number of hydrogen-bond acceptors (Lipinski definition) is 5. The van der Waals surface area contributed by atoms with Crippen LogP contribution in [-0.2, 0) is 14.8 Å². The molecule has 1 heterocycles. The second-order valence-corrected chi connectivity index (χ2v) is 8.39. The molecule has 1 fully saturated rings. The SMILES string of the molecule is CCOc1ccc(NC(=O)C2(NS(=O)(=O)c3cccs3)CC2)cc1. The summed E-state index contributed by atoms with van der Waals surface area (Å²) < 4.78 is 32.8. The van der Waals surface area contributed by atoms with Gasteiger partial charge in [-0.15, -0.1) is 11.3 Å². The van der Waals surface area contributed by atoms with Crippen LogP contribution in [0.15, 0.2) is 46.0 Å². The number of nitrogens with one attached hydrogen (secondary N) is 2.